The first-order valence-electron chi connectivity index (χ1n) is 6.71. The average Bonchev–Trinajstić information content (AvgIpc) is 2.40. The van der Waals surface area contributed by atoms with Crippen LogP contribution in [0.3, 0.4) is 0 Å². The number of hydrogen-bond acceptors (Lipinski definition) is 3. The summed E-state index contributed by atoms with van der Waals surface area (Å²) in [5.74, 6) is 0.128. The van der Waals surface area contributed by atoms with E-state index in [1.807, 2.05) is 39.0 Å². The van der Waals surface area contributed by atoms with E-state index in [9.17, 15) is 9.59 Å². The summed E-state index contributed by atoms with van der Waals surface area (Å²) in [6, 6.07) is 5.09. The van der Waals surface area contributed by atoms with Crippen molar-refractivity contribution in [3.63, 3.8) is 0 Å². The number of carbonyl (C=O) groups is 2. The molecule has 1 unspecified atom stereocenters. The van der Waals surface area contributed by atoms with Gasteiger partial charge in [0.2, 0.25) is 5.91 Å². The topological polar surface area (TPSA) is 67.4 Å². The first-order valence-corrected chi connectivity index (χ1v) is 6.71. The summed E-state index contributed by atoms with van der Waals surface area (Å²) in [6.45, 7) is 7.90. The van der Waals surface area contributed by atoms with Crippen molar-refractivity contribution in [2.45, 2.75) is 33.7 Å². The van der Waals surface area contributed by atoms with Crippen LogP contribution < -0.4 is 15.4 Å². The normalized spacial score (nSPS) is 11.6. The molecule has 0 radical (unpaired) electrons. The van der Waals surface area contributed by atoms with Gasteiger partial charge in [-0.25, -0.2) is 0 Å². The van der Waals surface area contributed by atoms with Crippen LogP contribution in [-0.4, -0.2) is 31.0 Å². The van der Waals surface area contributed by atoms with Gasteiger partial charge in [-0.15, -0.1) is 0 Å². The van der Waals surface area contributed by atoms with E-state index in [1.165, 1.54) is 5.56 Å². The van der Waals surface area contributed by atoms with Crippen LogP contribution in [0.25, 0.3) is 0 Å². The van der Waals surface area contributed by atoms with Crippen molar-refractivity contribution < 1.29 is 14.3 Å². The predicted octanol–water partition coefficient (Wildman–Crippen LogP) is 1.32. The Hall–Kier alpha value is -2.04. The van der Waals surface area contributed by atoms with E-state index in [-0.39, 0.29) is 18.4 Å². The lowest BCUT2D eigenvalue weighted by Crippen LogP contribution is -2.46. The van der Waals surface area contributed by atoms with Crippen LogP contribution in [-0.2, 0) is 9.59 Å². The molecule has 0 heterocycles. The molecule has 5 heteroatoms. The molecule has 0 aromatic heterocycles. The van der Waals surface area contributed by atoms with Gasteiger partial charge in [0.05, 0.1) is 0 Å². The average molecular weight is 278 g/mol. The molecule has 1 rings (SSSR count). The van der Waals surface area contributed by atoms with Crippen LogP contribution in [0.4, 0.5) is 0 Å². The van der Waals surface area contributed by atoms with Crippen LogP contribution in [0, 0.1) is 13.8 Å². The fourth-order valence-corrected chi connectivity index (χ4v) is 1.63. The minimum Gasteiger partial charge on any atom is -0.484 e. The highest BCUT2D eigenvalue weighted by Gasteiger charge is 2.14. The summed E-state index contributed by atoms with van der Waals surface area (Å²) in [4.78, 5) is 23.1. The Morgan fingerprint density at radius 2 is 1.95 bits per heavy atom. The van der Waals surface area contributed by atoms with Crippen LogP contribution in [0.5, 0.6) is 5.75 Å². The van der Waals surface area contributed by atoms with Gasteiger partial charge in [-0.1, -0.05) is 6.07 Å². The van der Waals surface area contributed by atoms with Gasteiger partial charge in [-0.3, -0.25) is 9.59 Å². The molecule has 0 fully saturated rings. The van der Waals surface area contributed by atoms with Crippen molar-refractivity contribution in [1.29, 1.82) is 0 Å². The van der Waals surface area contributed by atoms with Gasteiger partial charge < -0.3 is 15.4 Å². The molecule has 0 saturated carbocycles. The third kappa shape index (κ3) is 4.91. The van der Waals surface area contributed by atoms with E-state index in [4.69, 9.17) is 4.74 Å². The highest BCUT2D eigenvalue weighted by Crippen LogP contribution is 2.16. The molecule has 0 bridgehead atoms. The SMILES string of the molecule is CCNC(=O)C(C)NC(=O)COc1ccc(C)c(C)c1. The maximum absolute atomic E-state index is 11.7. The fraction of sp³-hybridized carbons (Fsp3) is 0.467. The van der Waals surface area contributed by atoms with Gasteiger partial charge in [0.1, 0.15) is 11.8 Å². The molecule has 1 aromatic carbocycles. The summed E-state index contributed by atoms with van der Waals surface area (Å²) < 4.78 is 5.40. The van der Waals surface area contributed by atoms with Gasteiger partial charge in [0.25, 0.3) is 5.91 Å². The van der Waals surface area contributed by atoms with Crippen molar-refractivity contribution in [1.82, 2.24) is 10.6 Å². The molecular formula is C15H22N2O3. The van der Waals surface area contributed by atoms with Crippen LogP contribution >= 0.6 is 0 Å². The summed E-state index contributed by atoms with van der Waals surface area (Å²) >= 11 is 0. The number of hydrogen-bond donors (Lipinski definition) is 2. The molecule has 110 valence electrons. The third-order valence-electron chi connectivity index (χ3n) is 2.97. The van der Waals surface area contributed by atoms with E-state index >= 15 is 0 Å². The number of carbonyl (C=O) groups excluding carboxylic acids is 2. The van der Waals surface area contributed by atoms with Crippen LogP contribution in [0.1, 0.15) is 25.0 Å². The number of rotatable bonds is 6. The lowest BCUT2D eigenvalue weighted by Gasteiger charge is -2.14. The van der Waals surface area contributed by atoms with Crippen molar-refractivity contribution in [3.05, 3.63) is 29.3 Å². The van der Waals surface area contributed by atoms with Gasteiger partial charge in [-0.05, 0) is 51.0 Å². The molecule has 0 aliphatic carbocycles. The molecule has 2 N–H and O–H groups in total. The first kappa shape index (κ1) is 16.0. The Bertz CT molecular complexity index is 486. The number of nitrogens with one attached hydrogen (secondary N) is 2. The number of ether oxygens (including phenoxy) is 1. The number of likely N-dealkylation sites (N-methyl/N-ethyl adjacent to an activating group) is 1. The highest BCUT2D eigenvalue weighted by molar-refractivity contribution is 5.87. The maximum Gasteiger partial charge on any atom is 0.258 e. The zero-order valence-corrected chi connectivity index (χ0v) is 12.4. The van der Waals surface area contributed by atoms with E-state index < -0.39 is 6.04 Å². The van der Waals surface area contributed by atoms with Crippen molar-refractivity contribution in [2.24, 2.45) is 0 Å². The minimum absolute atomic E-state index is 0.105. The lowest BCUT2D eigenvalue weighted by molar-refractivity contribution is -0.129. The second kappa shape index (κ2) is 7.53. The molecule has 0 saturated heterocycles. The molecule has 1 aromatic rings. The molecule has 2 amide bonds. The maximum atomic E-state index is 11.7. The van der Waals surface area contributed by atoms with Crippen molar-refractivity contribution in [3.8, 4) is 5.75 Å². The zero-order chi connectivity index (χ0) is 15.1. The molecule has 0 spiro atoms. The monoisotopic (exact) mass is 278 g/mol. The number of aryl methyl sites for hydroxylation is 2. The van der Waals surface area contributed by atoms with E-state index in [0.29, 0.717) is 12.3 Å². The molecule has 0 aliphatic rings. The van der Waals surface area contributed by atoms with Gasteiger partial charge >= 0.3 is 0 Å². The Balaban J connectivity index is 2.43. The number of benzene rings is 1. The molecule has 20 heavy (non-hydrogen) atoms. The highest BCUT2D eigenvalue weighted by atomic mass is 16.5. The fourth-order valence-electron chi connectivity index (χ4n) is 1.63. The second-order valence-corrected chi connectivity index (χ2v) is 4.72. The zero-order valence-electron chi connectivity index (χ0n) is 12.4. The quantitative estimate of drug-likeness (QED) is 0.824. The minimum atomic E-state index is -0.564. The van der Waals surface area contributed by atoms with Crippen molar-refractivity contribution in [2.75, 3.05) is 13.2 Å². The smallest absolute Gasteiger partial charge is 0.258 e. The van der Waals surface area contributed by atoms with Gasteiger partial charge in [0, 0.05) is 6.54 Å². The molecule has 0 aliphatic heterocycles. The predicted molar refractivity (Wildman–Crippen MR) is 77.7 cm³/mol. The molecular weight excluding hydrogens is 256 g/mol. The Morgan fingerprint density at radius 3 is 2.55 bits per heavy atom. The molecule has 1 atom stereocenters. The van der Waals surface area contributed by atoms with Crippen LogP contribution in [0.2, 0.25) is 0 Å². The first-order chi connectivity index (χ1) is 9.43. The summed E-state index contributed by atoms with van der Waals surface area (Å²) in [5, 5.41) is 5.23. The van der Waals surface area contributed by atoms with Crippen LogP contribution in [0.15, 0.2) is 18.2 Å². The molecule has 5 nitrogen and oxygen atoms in total. The largest absolute Gasteiger partial charge is 0.484 e. The van der Waals surface area contributed by atoms with E-state index in [2.05, 4.69) is 10.6 Å². The summed E-state index contributed by atoms with van der Waals surface area (Å²) in [5.41, 5.74) is 2.28. The third-order valence-corrected chi connectivity index (χ3v) is 2.97. The van der Waals surface area contributed by atoms with Gasteiger partial charge in [0.15, 0.2) is 6.61 Å². The van der Waals surface area contributed by atoms with Gasteiger partial charge in [-0.2, -0.15) is 0 Å². The lowest BCUT2D eigenvalue weighted by atomic mass is 10.1. The standard InChI is InChI=1S/C15H22N2O3/c1-5-16-15(19)12(4)17-14(18)9-20-13-7-6-10(2)11(3)8-13/h6-8,12H,5,9H2,1-4H3,(H,16,19)(H,17,18). The second-order valence-electron chi connectivity index (χ2n) is 4.72. The Morgan fingerprint density at radius 1 is 1.25 bits per heavy atom. The Kier molecular flexibility index (Phi) is 6.03. The van der Waals surface area contributed by atoms with E-state index in [0.717, 1.165) is 5.56 Å². The summed E-state index contributed by atoms with van der Waals surface area (Å²) in [7, 11) is 0. The van der Waals surface area contributed by atoms with Crippen molar-refractivity contribution >= 4 is 11.8 Å². The summed E-state index contributed by atoms with van der Waals surface area (Å²) in [6.07, 6.45) is 0. The van der Waals surface area contributed by atoms with E-state index in [1.54, 1.807) is 6.92 Å². The number of amides is 2. The Labute approximate surface area is 119 Å².